The molecule has 154 valence electrons. The maximum Gasteiger partial charge on any atom is 0.257 e. The van der Waals surface area contributed by atoms with Gasteiger partial charge in [-0.15, -0.1) is 0 Å². The van der Waals surface area contributed by atoms with E-state index < -0.39 is 0 Å². The highest BCUT2D eigenvalue weighted by molar-refractivity contribution is 5.77. The molecule has 0 radical (unpaired) electrons. The highest BCUT2D eigenvalue weighted by atomic mass is 16.5. The second kappa shape index (κ2) is 10.2. The highest BCUT2D eigenvalue weighted by Gasteiger charge is 2.22. The molecule has 0 unspecified atom stereocenters. The van der Waals surface area contributed by atoms with Crippen molar-refractivity contribution in [2.75, 3.05) is 33.2 Å². The lowest BCUT2D eigenvalue weighted by Crippen LogP contribution is -2.09. The first kappa shape index (κ1) is 21.8. The van der Waals surface area contributed by atoms with Gasteiger partial charge in [0.05, 0.1) is 32.6 Å². The summed E-state index contributed by atoms with van der Waals surface area (Å²) in [5, 5.41) is 3.34. The Morgan fingerprint density at radius 2 is 1.61 bits per heavy atom. The molecule has 0 fully saturated rings. The van der Waals surface area contributed by atoms with Crippen LogP contribution in [0.3, 0.4) is 0 Å². The number of hydrogen-bond acceptors (Lipinski definition) is 6. The van der Waals surface area contributed by atoms with Gasteiger partial charge in [0.25, 0.3) is 5.88 Å². The number of nitrogens with zero attached hydrogens (tertiary/aromatic N) is 2. The van der Waals surface area contributed by atoms with Gasteiger partial charge in [-0.3, -0.25) is 0 Å². The van der Waals surface area contributed by atoms with Crippen LogP contribution < -0.4 is 19.5 Å². The molecule has 1 N–H and O–H groups in total. The van der Waals surface area contributed by atoms with Gasteiger partial charge in [-0.25, -0.2) is 9.97 Å². The molecule has 0 spiro atoms. The quantitative estimate of drug-likeness (QED) is 0.565. The van der Waals surface area contributed by atoms with Crippen molar-refractivity contribution < 1.29 is 14.2 Å². The van der Waals surface area contributed by atoms with Crippen LogP contribution in [0.2, 0.25) is 0 Å². The van der Waals surface area contributed by atoms with Crippen molar-refractivity contribution in [3.05, 3.63) is 23.4 Å². The molecule has 2 aromatic rings. The van der Waals surface area contributed by atoms with Crippen LogP contribution in [-0.2, 0) is 0 Å². The molecule has 0 aliphatic rings. The number of rotatable bonds is 10. The van der Waals surface area contributed by atoms with Gasteiger partial charge < -0.3 is 19.5 Å². The monoisotopic (exact) mass is 387 g/mol. The smallest absolute Gasteiger partial charge is 0.257 e. The van der Waals surface area contributed by atoms with E-state index in [1.54, 1.807) is 21.3 Å². The molecular weight excluding hydrogens is 354 g/mol. The fourth-order valence-corrected chi connectivity index (χ4v) is 3.08. The lowest BCUT2D eigenvalue weighted by molar-refractivity contribution is 0.392. The first-order valence-electron chi connectivity index (χ1n) is 9.89. The summed E-state index contributed by atoms with van der Waals surface area (Å²) in [5.74, 6) is 2.91. The third-order valence-corrected chi connectivity index (χ3v) is 4.74. The second-order valence-corrected chi connectivity index (χ2v) is 7.10. The molecule has 6 heteroatoms. The van der Waals surface area contributed by atoms with E-state index in [4.69, 9.17) is 24.2 Å². The number of nitrogens with one attached hydrogen (secondary N) is 1. The molecule has 0 atom stereocenters. The average Bonchev–Trinajstić information content (AvgIpc) is 2.70. The maximum absolute atomic E-state index is 5.68. The van der Waals surface area contributed by atoms with Crippen molar-refractivity contribution in [3.63, 3.8) is 0 Å². The summed E-state index contributed by atoms with van der Waals surface area (Å²) in [7, 11) is 4.93. The van der Waals surface area contributed by atoms with Crippen LogP contribution >= 0.6 is 0 Å². The third kappa shape index (κ3) is 4.86. The van der Waals surface area contributed by atoms with Gasteiger partial charge in [-0.05, 0) is 37.0 Å². The van der Waals surface area contributed by atoms with Crippen LogP contribution in [0.15, 0.2) is 12.1 Å². The summed E-state index contributed by atoms with van der Waals surface area (Å²) in [5.41, 5.74) is 3.41. The number of unbranched alkanes of at least 4 members (excludes halogenated alkanes) is 2. The topological polar surface area (TPSA) is 65.5 Å². The van der Waals surface area contributed by atoms with E-state index in [1.165, 1.54) is 12.8 Å². The minimum absolute atomic E-state index is 0.355. The molecular formula is C22H33N3O3. The van der Waals surface area contributed by atoms with Gasteiger partial charge in [-0.2, -0.15) is 0 Å². The lowest BCUT2D eigenvalue weighted by atomic mass is 9.98. The van der Waals surface area contributed by atoms with Crippen molar-refractivity contribution in [1.29, 1.82) is 0 Å². The highest BCUT2D eigenvalue weighted by Crippen LogP contribution is 2.42. The van der Waals surface area contributed by atoms with Crippen molar-refractivity contribution >= 4 is 5.82 Å². The summed E-state index contributed by atoms with van der Waals surface area (Å²) in [6.07, 6.45) is 3.44. The summed E-state index contributed by atoms with van der Waals surface area (Å²) >= 11 is 0. The molecule has 0 aliphatic heterocycles. The number of aromatic nitrogens is 2. The summed E-state index contributed by atoms with van der Waals surface area (Å²) in [6.45, 7) is 9.24. The molecule has 2 rings (SSSR count). The Kier molecular flexibility index (Phi) is 7.91. The van der Waals surface area contributed by atoms with Crippen LogP contribution in [0.1, 0.15) is 57.2 Å². The molecule has 0 saturated heterocycles. The van der Waals surface area contributed by atoms with Gasteiger partial charge >= 0.3 is 0 Å². The Balaban J connectivity index is 2.52. The van der Waals surface area contributed by atoms with Crippen LogP contribution in [0.4, 0.5) is 5.82 Å². The summed E-state index contributed by atoms with van der Waals surface area (Å²) in [6, 6.07) is 4.07. The molecule has 1 aromatic carbocycles. The van der Waals surface area contributed by atoms with Gasteiger partial charge in [-0.1, -0.05) is 33.6 Å². The largest absolute Gasteiger partial charge is 0.496 e. The fraction of sp³-hybridized carbons (Fsp3) is 0.545. The molecule has 0 aliphatic carbocycles. The zero-order valence-electron chi connectivity index (χ0n) is 18.2. The van der Waals surface area contributed by atoms with E-state index >= 15 is 0 Å². The van der Waals surface area contributed by atoms with E-state index in [9.17, 15) is 0 Å². The number of aryl methyl sites for hydroxylation is 1. The fourth-order valence-electron chi connectivity index (χ4n) is 3.08. The molecule has 0 bridgehead atoms. The van der Waals surface area contributed by atoms with Gasteiger partial charge in [0.15, 0.2) is 5.82 Å². The molecule has 1 aromatic heterocycles. The number of ether oxygens (including phenoxy) is 3. The molecule has 6 nitrogen and oxygen atoms in total. The number of anilines is 1. The second-order valence-electron chi connectivity index (χ2n) is 7.10. The maximum atomic E-state index is 5.68. The predicted molar refractivity (Wildman–Crippen MR) is 114 cm³/mol. The first-order valence-corrected chi connectivity index (χ1v) is 9.89. The van der Waals surface area contributed by atoms with E-state index in [1.807, 2.05) is 19.1 Å². The van der Waals surface area contributed by atoms with Gasteiger partial charge in [0, 0.05) is 6.54 Å². The summed E-state index contributed by atoms with van der Waals surface area (Å²) in [4.78, 5) is 9.46. The number of methoxy groups -OCH3 is 3. The summed E-state index contributed by atoms with van der Waals surface area (Å²) < 4.78 is 16.9. The Morgan fingerprint density at radius 1 is 0.964 bits per heavy atom. The third-order valence-electron chi connectivity index (χ3n) is 4.74. The first-order chi connectivity index (χ1) is 13.5. The van der Waals surface area contributed by atoms with E-state index in [0.717, 1.165) is 29.8 Å². The van der Waals surface area contributed by atoms with Crippen LogP contribution in [-0.4, -0.2) is 37.8 Å². The normalized spacial score (nSPS) is 10.9. The van der Waals surface area contributed by atoms with Crippen LogP contribution in [0.25, 0.3) is 11.3 Å². The van der Waals surface area contributed by atoms with Gasteiger partial charge in [0.2, 0.25) is 0 Å². The minimum Gasteiger partial charge on any atom is -0.496 e. The predicted octanol–water partition coefficient (Wildman–Crippen LogP) is 5.20. The van der Waals surface area contributed by atoms with Crippen molar-refractivity contribution in [1.82, 2.24) is 9.97 Å². The van der Waals surface area contributed by atoms with Gasteiger partial charge in [0.1, 0.15) is 17.2 Å². The van der Waals surface area contributed by atoms with Crippen molar-refractivity contribution in [2.45, 2.75) is 52.9 Å². The van der Waals surface area contributed by atoms with E-state index in [2.05, 4.69) is 26.1 Å². The van der Waals surface area contributed by atoms with Crippen LogP contribution in [0, 0.1) is 6.92 Å². The van der Waals surface area contributed by atoms with Crippen LogP contribution in [0.5, 0.6) is 17.4 Å². The SMILES string of the molecule is CCCCCNc1nc(C)c(-c2c(OC)cc(C(C)C)cc2OC)nc1OC. The number of hydrogen-bond donors (Lipinski definition) is 1. The Hall–Kier alpha value is -2.50. The average molecular weight is 388 g/mol. The standard InChI is InChI=1S/C22H33N3O3/c1-8-9-10-11-23-21-22(28-7)25-20(15(4)24-21)19-17(26-5)12-16(14(2)3)13-18(19)27-6/h12-14H,8-11H2,1-7H3,(H,23,24). The molecule has 0 amide bonds. The zero-order valence-corrected chi connectivity index (χ0v) is 18.2. The Bertz CT molecular complexity index is 766. The van der Waals surface area contributed by atoms with E-state index in [0.29, 0.717) is 34.8 Å². The van der Waals surface area contributed by atoms with E-state index in [-0.39, 0.29) is 0 Å². The van der Waals surface area contributed by atoms with Crippen molar-refractivity contribution in [3.8, 4) is 28.6 Å². The molecule has 0 saturated carbocycles. The lowest BCUT2D eigenvalue weighted by Gasteiger charge is -2.19. The number of benzene rings is 1. The Labute approximate surface area is 168 Å². The minimum atomic E-state index is 0.355. The molecule has 1 heterocycles. The van der Waals surface area contributed by atoms with Crippen molar-refractivity contribution in [2.24, 2.45) is 0 Å². The zero-order chi connectivity index (χ0) is 20.7. The Morgan fingerprint density at radius 3 is 2.11 bits per heavy atom. The molecule has 28 heavy (non-hydrogen) atoms.